The first kappa shape index (κ1) is 18.3. The summed E-state index contributed by atoms with van der Waals surface area (Å²) in [5.74, 6) is 1.05. The Balaban J connectivity index is 1.65. The standard InChI is InChI=1S/C18H18BrN3O4S/c1-25-15-7-4-11(19)9-17(15)27(23,24)22-12-5-6-13-14(10-12)21-18(20-13)16-3-2-8-26-16/h4-7,9-10,16,22H,2-3,8H2,1H3,(H,20,21)/t16-/m0/s1. The summed E-state index contributed by atoms with van der Waals surface area (Å²) in [4.78, 5) is 7.84. The predicted molar refractivity (Wildman–Crippen MR) is 106 cm³/mol. The van der Waals surface area contributed by atoms with Crippen molar-refractivity contribution in [3.8, 4) is 5.75 Å². The second-order valence-corrected chi connectivity index (χ2v) is 8.82. The second kappa shape index (κ2) is 7.14. The fourth-order valence-corrected chi connectivity index (χ4v) is 4.87. The van der Waals surface area contributed by atoms with Gasteiger partial charge in [-0.15, -0.1) is 0 Å². The number of sulfonamides is 1. The summed E-state index contributed by atoms with van der Waals surface area (Å²) in [6, 6.07) is 10.0. The predicted octanol–water partition coefficient (Wildman–Crippen LogP) is 3.99. The van der Waals surface area contributed by atoms with Crippen LogP contribution in [0.5, 0.6) is 5.75 Å². The molecule has 4 rings (SSSR count). The molecule has 7 nitrogen and oxygen atoms in total. The molecule has 2 heterocycles. The molecule has 1 fully saturated rings. The summed E-state index contributed by atoms with van der Waals surface area (Å²) in [6.45, 7) is 0.737. The molecule has 0 spiro atoms. The fourth-order valence-electron chi connectivity index (χ4n) is 3.11. The van der Waals surface area contributed by atoms with Gasteiger partial charge in [-0.05, 0) is 49.2 Å². The van der Waals surface area contributed by atoms with Crippen molar-refractivity contribution >= 4 is 42.7 Å². The quantitative estimate of drug-likeness (QED) is 0.611. The zero-order valence-corrected chi connectivity index (χ0v) is 16.9. The number of nitrogens with one attached hydrogen (secondary N) is 2. The molecule has 142 valence electrons. The van der Waals surface area contributed by atoms with Gasteiger partial charge in [0.05, 0.1) is 23.8 Å². The maximum absolute atomic E-state index is 12.8. The van der Waals surface area contributed by atoms with Gasteiger partial charge in [0.15, 0.2) is 0 Å². The largest absolute Gasteiger partial charge is 0.495 e. The molecule has 2 aromatic carbocycles. The van der Waals surface area contributed by atoms with E-state index < -0.39 is 10.0 Å². The SMILES string of the molecule is COc1ccc(Br)cc1S(=O)(=O)Nc1ccc2nc([C@@H]3CCCO3)[nH]c2c1. The average Bonchev–Trinajstić information content (AvgIpc) is 3.30. The number of aromatic nitrogens is 2. The highest BCUT2D eigenvalue weighted by molar-refractivity contribution is 9.10. The van der Waals surface area contributed by atoms with Gasteiger partial charge in [-0.2, -0.15) is 0 Å². The Morgan fingerprint density at radius 3 is 2.89 bits per heavy atom. The molecule has 1 aliphatic rings. The van der Waals surface area contributed by atoms with Crippen LogP contribution in [0.3, 0.4) is 0 Å². The number of methoxy groups -OCH3 is 1. The van der Waals surface area contributed by atoms with Gasteiger partial charge < -0.3 is 14.5 Å². The molecule has 1 aromatic heterocycles. The van der Waals surface area contributed by atoms with Crippen molar-refractivity contribution in [2.45, 2.75) is 23.8 Å². The molecule has 27 heavy (non-hydrogen) atoms. The summed E-state index contributed by atoms with van der Waals surface area (Å²) in [5.41, 5.74) is 1.96. The molecule has 2 N–H and O–H groups in total. The van der Waals surface area contributed by atoms with Crippen molar-refractivity contribution < 1.29 is 17.9 Å². The van der Waals surface area contributed by atoms with Gasteiger partial charge in [-0.25, -0.2) is 13.4 Å². The van der Waals surface area contributed by atoms with E-state index in [9.17, 15) is 8.42 Å². The first-order valence-corrected chi connectivity index (χ1v) is 10.7. The van der Waals surface area contributed by atoms with Crippen LogP contribution in [0.25, 0.3) is 11.0 Å². The second-order valence-electron chi connectivity index (χ2n) is 6.26. The van der Waals surface area contributed by atoms with Gasteiger partial charge in [0.25, 0.3) is 10.0 Å². The first-order chi connectivity index (χ1) is 13.0. The molecule has 0 saturated carbocycles. The monoisotopic (exact) mass is 451 g/mol. The summed E-state index contributed by atoms with van der Waals surface area (Å²) in [5, 5.41) is 0. The highest BCUT2D eigenvalue weighted by atomic mass is 79.9. The van der Waals surface area contributed by atoms with E-state index >= 15 is 0 Å². The number of imidazole rings is 1. The maximum atomic E-state index is 12.8. The third-order valence-corrected chi connectivity index (χ3v) is 6.30. The molecular weight excluding hydrogens is 434 g/mol. The molecule has 1 aliphatic heterocycles. The Hall–Kier alpha value is -2.10. The van der Waals surface area contributed by atoms with E-state index in [2.05, 4.69) is 30.6 Å². The molecule has 3 aromatic rings. The van der Waals surface area contributed by atoms with E-state index in [1.165, 1.54) is 13.2 Å². The van der Waals surface area contributed by atoms with Gasteiger partial charge in [0, 0.05) is 11.1 Å². The molecule has 0 radical (unpaired) electrons. The van der Waals surface area contributed by atoms with Crippen molar-refractivity contribution in [1.29, 1.82) is 0 Å². The molecule has 1 atom stereocenters. The van der Waals surface area contributed by atoms with E-state index in [-0.39, 0.29) is 16.7 Å². The number of hydrogen-bond donors (Lipinski definition) is 2. The third kappa shape index (κ3) is 3.67. The van der Waals surface area contributed by atoms with Gasteiger partial charge in [-0.1, -0.05) is 15.9 Å². The van der Waals surface area contributed by atoms with Crippen LogP contribution in [-0.2, 0) is 14.8 Å². The van der Waals surface area contributed by atoms with Gasteiger partial charge in [0.2, 0.25) is 0 Å². The number of fused-ring (bicyclic) bond motifs is 1. The Labute approximate surface area is 165 Å². The highest BCUT2D eigenvalue weighted by Crippen LogP contribution is 2.31. The van der Waals surface area contributed by atoms with Crippen LogP contribution in [-0.4, -0.2) is 32.1 Å². The van der Waals surface area contributed by atoms with Crippen LogP contribution < -0.4 is 9.46 Å². The van der Waals surface area contributed by atoms with E-state index in [4.69, 9.17) is 9.47 Å². The average molecular weight is 452 g/mol. The number of halogens is 1. The Bertz CT molecular complexity index is 1090. The third-order valence-electron chi connectivity index (χ3n) is 4.40. The minimum atomic E-state index is -3.82. The molecule has 1 saturated heterocycles. The Kier molecular flexibility index (Phi) is 4.83. The zero-order valence-electron chi connectivity index (χ0n) is 14.5. The van der Waals surface area contributed by atoms with Gasteiger partial charge in [-0.3, -0.25) is 4.72 Å². The van der Waals surface area contributed by atoms with Crippen molar-refractivity contribution in [2.75, 3.05) is 18.4 Å². The lowest BCUT2D eigenvalue weighted by molar-refractivity contribution is 0.106. The number of anilines is 1. The molecule has 0 amide bonds. The molecular formula is C18H18BrN3O4S. The van der Waals surface area contributed by atoms with Crippen LogP contribution in [0.15, 0.2) is 45.8 Å². The van der Waals surface area contributed by atoms with Crippen LogP contribution in [0.1, 0.15) is 24.8 Å². The Morgan fingerprint density at radius 1 is 1.30 bits per heavy atom. The lowest BCUT2D eigenvalue weighted by atomic mass is 10.2. The van der Waals surface area contributed by atoms with Gasteiger partial charge in [0.1, 0.15) is 22.6 Å². The number of aromatic amines is 1. The Morgan fingerprint density at radius 2 is 2.15 bits per heavy atom. The highest BCUT2D eigenvalue weighted by Gasteiger charge is 2.22. The van der Waals surface area contributed by atoms with Crippen molar-refractivity contribution in [2.24, 2.45) is 0 Å². The van der Waals surface area contributed by atoms with Crippen LogP contribution >= 0.6 is 15.9 Å². The number of nitrogens with zero attached hydrogens (tertiary/aromatic N) is 1. The molecule has 0 unspecified atom stereocenters. The maximum Gasteiger partial charge on any atom is 0.265 e. The minimum absolute atomic E-state index is 0.0246. The molecule has 9 heteroatoms. The van der Waals surface area contributed by atoms with Crippen molar-refractivity contribution in [1.82, 2.24) is 9.97 Å². The van der Waals surface area contributed by atoms with E-state index in [1.54, 1.807) is 30.3 Å². The number of H-pyrrole nitrogens is 1. The van der Waals surface area contributed by atoms with E-state index in [0.29, 0.717) is 10.2 Å². The first-order valence-electron chi connectivity index (χ1n) is 8.44. The topological polar surface area (TPSA) is 93.3 Å². The molecule has 0 bridgehead atoms. The summed E-state index contributed by atoms with van der Waals surface area (Å²) in [7, 11) is -2.38. The normalized spacial score (nSPS) is 17.3. The van der Waals surface area contributed by atoms with Crippen molar-refractivity contribution in [3.63, 3.8) is 0 Å². The van der Waals surface area contributed by atoms with Crippen molar-refractivity contribution in [3.05, 3.63) is 46.7 Å². The van der Waals surface area contributed by atoms with Gasteiger partial charge >= 0.3 is 0 Å². The lowest BCUT2D eigenvalue weighted by Crippen LogP contribution is -2.14. The lowest BCUT2D eigenvalue weighted by Gasteiger charge is -2.12. The van der Waals surface area contributed by atoms with Crippen LogP contribution in [0.4, 0.5) is 5.69 Å². The molecule has 0 aliphatic carbocycles. The smallest absolute Gasteiger partial charge is 0.265 e. The van der Waals surface area contributed by atoms with Crippen LogP contribution in [0.2, 0.25) is 0 Å². The number of rotatable bonds is 5. The summed E-state index contributed by atoms with van der Waals surface area (Å²) < 4.78 is 39.7. The number of benzene rings is 2. The number of hydrogen-bond acceptors (Lipinski definition) is 5. The zero-order chi connectivity index (χ0) is 19.0. The van der Waals surface area contributed by atoms with E-state index in [0.717, 1.165) is 36.3 Å². The van der Waals surface area contributed by atoms with E-state index in [1.807, 2.05) is 0 Å². The number of ether oxygens (including phenoxy) is 2. The fraction of sp³-hybridized carbons (Fsp3) is 0.278. The minimum Gasteiger partial charge on any atom is -0.495 e. The summed E-state index contributed by atoms with van der Waals surface area (Å²) >= 11 is 3.30. The summed E-state index contributed by atoms with van der Waals surface area (Å²) in [6.07, 6.45) is 1.92. The van der Waals surface area contributed by atoms with Crippen LogP contribution in [0, 0.1) is 0 Å².